The largest absolute Gasteiger partial charge is 0.462 e. The van der Waals surface area contributed by atoms with Gasteiger partial charge >= 0.3 is 5.97 Å². The Bertz CT molecular complexity index is 912. The van der Waals surface area contributed by atoms with Crippen LogP contribution < -0.4 is 5.01 Å². The molecule has 0 atom stereocenters. The summed E-state index contributed by atoms with van der Waals surface area (Å²) in [6, 6.07) is 3.48. The van der Waals surface area contributed by atoms with Gasteiger partial charge in [0, 0.05) is 0 Å². The van der Waals surface area contributed by atoms with E-state index in [-0.39, 0.29) is 12.5 Å². The number of rotatable bonds is 4. The SMILES string of the molecule is CCOC(=O)c1sc(N2N=C(C)/C(=C\c3ccc(Br)o3)C2=O)nc1C. The standard InChI is InChI=1S/C16H14BrN3O4S/c1-4-23-15(22)13-9(3)18-16(25-13)20-14(21)11(8(2)19-20)7-10-5-6-12(17)24-10/h5-7H,4H2,1-3H3/b11-7+. The van der Waals surface area contributed by atoms with Crippen LogP contribution in [-0.4, -0.2) is 29.2 Å². The Morgan fingerprint density at radius 3 is 2.84 bits per heavy atom. The summed E-state index contributed by atoms with van der Waals surface area (Å²) in [6.45, 7) is 5.43. The van der Waals surface area contributed by atoms with Gasteiger partial charge in [0.25, 0.3) is 5.91 Å². The molecule has 9 heteroatoms. The summed E-state index contributed by atoms with van der Waals surface area (Å²) in [7, 11) is 0. The highest BCUT2D eigenvalue weighted by atomic mass is 79.9. The number of thiazole rings is 1. The molecule has 25 heavy (non-hydrogen) atoms. The van der Waals surface area contributed by atoms with E-state index in [0.717, 1.165) is 11.3 Å². The first-order valence-corrected chi connectivity index (χ1v) is 9.03. The van der Waals surface area contributed by atoms with Gasteiger partial charge in [-0.15, -0.1) is 0 Å². The molecule has 0 spiro atoms. The van der Waals surface area contributed by atoms with E-state index < -0.39 is 5.97 Å². The van der Waals surface area contributed by atoms with Crippen LogP contribution in [0.4, 0.5) is 5.13 Å². The third-order valence-corrected chi connectivity index (χ3v) is 4.91. The van der Waals surface area contributed by atoms with Crippen LogP contribution in [0.2, 0.25) is 0 Å². The zero-order chi connectivity index (χ0) is 18.1. The zero-order valence-corrected chi connectivity index (χ0v) is 16.1. The number of aromatic nitrogens is 1. The summed E-state index contributed by atoms with van der Waals surface area (Å²) in [4.78, 5) is 29.3. The van der Waals surface area contributed by atoms with Gasteiger partial charge in [-0.05, 0) is 54.9 Å². The molecular weight excluding hydrogens is 410 g/mol. The van der Waals surface area contributed by atoms with E-state index >= 15 is 0 Å². The van der Waals surface area contributed by atoms with Gasteiger partial charge in [-0.1, -0.05) is 11.3 Å². The summed E-state index contributed by atoms with van der Waals surface area (Å²) < 4.78 is 11.0. The van der Waals surface area contributed by atoms with Crippen LogP contribution in [0.3, 0.4) is 0 Å². The molecule has 0 unspecified atom stereocenters. The average molecular weight is 424 g/mol. The lowest BCUT2D eigenvalue weighted by Crippen LogP contribution is -2.21. The monoisotopic (exact) mass is 423 g/mol. The molecule has 0 saturated heterocycles. The molecule has 3 rings (SSSR count). The molecule has 2 aromatic heterocycles. The maximum absolute atomic E-state index is 12.7. The van der Waals surface area contributed by atoms with Gasteiger partial charge in [0.1, 0.15) is 10.6 Å². The number of ether oxygens (including phenoxy) is 1. The van der Waals surface area contributed by atoms with Crippen LogP contribution in [0.5, 0.6) is 0 Å². The molecule has 1 aliphatic rings. The van der Waals surface area contributed by atoms with Crippen LogP contribution in [0, 0.1) is 6.92 Å². The predicted octanol–water partition coefficient (Wildman–Crippen LogP) is 3.79. The van der Waals surface area contributed by atoms with Crippen LogP contribution in [0.1, 0.15) is 35.0 Å². The first-order chi connectivity index (χ1) is 11.9. The molecule has 0 fully saturated rings. The van der Waals surface area contributed by atoms with Gasteiger partial charge in [-0.3, -0.25) is 4.79 Å². The number of amides is 1. The molecule has 7 nitrogen and oxygen atoms in total. The highest BCUT2D eigenvalue weighted by molar-refractivity contribution is 9.10. The lowest BCUT2D eigenvalue weighted by Gasteiger charge is -2.06. The number of hydrogen-bond donors (Lipinski definition) is 0. The van der Waals surface area contributed by atoms with Gasteiger partial charge in [0.2, 0.25) is 5.13 Å². The highest BCUT2D eigenvalue weighted by Gasteiger charge is 2.32. The number of esters is 1. The van der Waals surface area contributed by atoms with Gasteiger partial charge in [0.15, 0.2) is 4.67 Å². The minimum absolute atomic E-state index is 0.275. The molecule has 0 N–H and O–H groups in total. The number of aryl methyl sites for hydroxylation is 1. The van der Waals surface area contributed by atoms with Crippen molar-refractivity contribution in [3.8, 4) is 0 Å². The van der Waals surface area contributed by atoms with Gasteiger partial charge in [-0.25, -0.2) is 9.78 Å². The van der Waals surface area contributed by atoms with Crippen molar-refractivity contribution in [1.82, 2.24) is 4.98 Å². The molecule has 3 heterocycles. The fourth-order valence-electron chi connectivity index (χ4n) is 2.22. The molecule has 1 amide bonds. The summed E-state index contributed by atoms with van der Waals surface area (Å²) >= 11 is 4.30. The Labute approximate surface area is 156 Å². The predicted molar refractivity (Wildman–Crippen MR) is 97.8 cm³/mol. The van der Waals surface area contributed by atoms with E-state index in [1.54, 1.807) is 39.0 Å². The van der Waals surface area contributed by atoms with Crippen molar-refractivity contribution in [2.45, 2.75) is 20.8 Å². The van der Waals surface area contributed by atoms with E-state index in [0.29, 0.717) is 37.4 Å². The Kier molecular flexibility index (Phi) is 4.87. The molecule has 0 saturated carbocycles. The molecule has 0 aromatic carbocycles. The number of carbonyl (C=O) groups is 2. The minimum atomic E-state index is -0.452. The Morgan fingerprint density at radius 2 is 2.20 bits per heavy atom. The number of anilines is 1. The minimum Gasteiger partial charge on any atom is -0.462 e. The third-order valence-electron chi connectivity index (χ3n) is 3.37. The topological polar surface area (TPSA) is 85.0 Å². The summed E-state index contributed by atoms with van der Waals surface area (Å²) in [5.41, 5.74) is 1.46. The lowest BCUT2D eigenvalue weighted by molar-refractivity contribution is -0.114. The molecule has 130 valence electrons. The van der Waals surface area contributed by atoms with Crippen molar-refractivity contribution in [1.29, 1.82) is 0 Å². The van der Waals surface area contributed by atoms with Crippen molar-refractivity contribution >= 4 is 56.1 Å². The van der Waals surface area contributed by atoms with Crippen LogP contribution >= 0.6 is 27.3 Å². The molecule has 2 aromatic rings. The number of nitrogens with zero attached hydrogens (tertiary/aromatic N) is 3. The van der Waals surface area contributed by atoms with Crippen molar-refractivity contribution in [3.63, 3.8) is 0 Å². The van der Waals surface area contributed by atoms with E-state index in [1.165, 1.54) is 5.01 Å². The van der Waals surface area contributed by atoms with Crippen molar-refractivity contribution < 1.29 is 18.7 Å². The number of furan rings is 1. The van der Waals surface area contributed by atoms with Crippen LogP contribution in [0.15, 0.2) is 31.9 Å². The van der Waals surface area contributed by atoms with Crippen LogP contribution in [-0.2, 0) is 9.53 Å². The maximum atomic E-state index is 12.7. The second kappa shape index (κ2) is 6.93. The molecule has 0 bridgehead atoms. The number of carbonyl (C=O) groups excluding carboxylic acids is 2. The second-order valence-corrected chi connectivity index (χ2v) is 6.89. The van der Waals surface area contributed by atoms with E-state index in [2.05, 4.69) is 26.0 Å². The Hall–Kier alpha value is -2.26. The lowest BCUT2D eigenvalue weighted by atomic mass is 10.1. The van der Waals surface area contributed by atoms with E-state index in [4.69, 9.17) is 9.15 Å². The third kappa shape index (κ3) is 3.42. The molecule has 0 radical (unpaired) electrons. The fourth-order valence-corrected chi connectivity index (χ4v) is 3.45. The Morgan fingerprint density at radius 1 is 1.44 bits per heavy atom. The average Bonchev–Trinajstić information content (AvgIpc) is 3.21. The molecule has 0 aliphatic carbocycles. The van der Waals surface area contributed by atoms with Gasteiger partial charge < -0.3 is 9.15 Å². The first-order valence-electron chi connectivity index (χ1n) is 7.42. The van der Waals surface area contributed by atoms with Crippen molar-refractivity contribution in [2.75, 3.05) is 11.6 Å². The number of hydrogen-bond acceptors (Lipinski definition) is 7. The zero-order valence-electron chi connectivity index (χ0n) is 13.7. The molecular formula is C16H14BrN3O4S. The first kappa shape index (κ1) is 17.6. The second-order valence-electron chi connectivity index (χ2n) is 5.13. The summed E-state index contributed by atoms with van der Waals surface area (Å²) in [5, 5.41) is 5.78. The number of halogens is 1. The highest BCUT2D eigenvalue weighted by Crippen LogP contribution is 2.31. The maximum Gasteiger partial charge on any atom is 0.350 e. The smallest absolute Gasteiger partial charge is 0.350 e. The van der Waals surface area contributed by atoms with Gasteiger partial charge in [0.05, 0.1) is 23.6 Å². The van der Waals surface area contributed by atoms with Crippen molar-refractivity contribution in [2.24, 2.45) is 5.10 Å². The molecule has 1 aliphatic heterocycles. The van der Waals surface area contributed by atoms with Crippen molar-refractivity contribution in [3.05, 3.63) is 38.7 Å². The summed E-state index contributed by atoms with van der Waals surface area (Å²) in [6.07, 6.45) is 1.62. The van der Waals surface area contributed by atoms with E-state index in [1.807, 2.05) is 0 Å². The van der Waals surface area contributed by atoms with Crippen LogP contribution in [0.25, 0.3) is 6.08 Å². The Balaban J connectivity index is 1.90. The number of hydrazone groups is 1. The van der Waals surface area contributed by atoms with E-state index in [9.17, 15) is 9.59 Å². The van der Waals surface area contributed by atoms with Gasteiger partial charge in [-0.2, -0.15) is 10.1 Å². The summed E-state index contributed by atoms with van der Waals surface area (Å²) in [5.74, 6) is -0.240. The fraction of sp³-hybridized carbons (Fsp3) is 0.250. The quantitative estimate of drug-likeness (QED) is 0.551. The normalized spacial score (nSPS) is 15.8.